The van der Waals surface area contributed by atoms with Crippen LogP contribution in [0, 0.1) is 11.3 Å². The van der Waals surface area contributed by atoms with Crippen molar-refractivity contribution in [3.8, 4) is 17.6 Å². The monoisotopic (exact) mass is 323 g/mol. The Kier molecular flexibility index (Phi) is 5.55. The van der Waals surface area contributed by atoms with Gasteiger partial charge in [0.1, 0.15) is 23.1 Å². The van der Waals surface area contributed by atoms with E-state index in [4.69, 9.17) is 10.5 Å². The Hall–Kier alpha value is -3.30. The summed E-state index contributed by atoms with van der Waals surface area (Å²) in [6.07, 6.45) is 3.19. The fraction of sp³-hybridized carbons (Fsp3) is 0.111. The molecule has 0 saturated carbocycles. The van der Waals surface area contributed by atoms with Crippen molar-refractivity contribution in [1.29, 1.82) is 5.26 Å². The van der Waals surface area contributed by atoms with Gasteiger partial charge in [-0.1, -0.05) is 42.5 Å². The van der Waals surface area contributed by atoms with Crippen LogP contribution in [-0.2, 0) is 0 Å². The molecule has 2 aromatic rings. The Morgan fingerprint density at radius 1 is 1.29 bits per heavy atom. The van der Waals surface area contributed by atoms with Crippen LogP contribution in [-0.4, -0.2) is 22.3 Å². The molecule has 24 heavy (non-hydrogen) atoms. The molecule has 0 heterocycles. The van der Waals surface area contributed by atoms with Gasteiger partial charge in [-0.3, -0.25) is 5.21 Å². The Morgan fingerprint density at radius 2 is 2.00 bits per heavy atom. The van der Waals surface area contributed by atoms with Crippen LogP contribution < -0.4 is 10.5 Å². The number of hydrogen-bond donors (Lipinski definition) is 2. The fourth-order valence-corrected chi connectivity index (χ4v) is 2.03. The molecule has 0 aliphatic carbocycles. The number of para-hydroxylation sites is 1. The quantitative estimate of drug-likeness (QED) is 0.649. The summed E-state index contributed by atoms with van der Waals surface area (Å²) in [5.41, 5.74) is 5.96. The highest BCUT2D eigenvalue weighted by atomic mass is 16.5. The van der Waals surface area contributed by atoms with E-state index in [1.54, 1.807) is 49.4 Å². The molecule has 3 N–H and O–H groups in total. The average Bonchev–Trinajstić information content (AvgIpc) is 2.59. The predicted octanol–water partition coefficient (Wildman–Crippen LogP) is 3.52. The van der Waals surface area contributed by atoms with Crippen LogP contribution in [0.4, 0.5) is 4.79 Å². The minimum Gasteiger partial charge on any atom is -0.456 e. The summed E-state index contributed by atoms with van der Waals surface area (Å²) in [6, 6.07) is 14.9. The summed E-state index contributed by atoms with van der Waals surface area (Å²) in [5, 5.41) is 19.3. The van der Waals surface area contributed by atoms with Crippen LogP contribution in [0.3, 0.4) is 0 Å². The number of hydroxylamine groups is 2. The van der Waals surface area contributed by atoms with Crippen molar-refractivity contribution in [2.45, 2.75) is 13.0 Å². The van der Waals surface area contributed by atoms with Gasteiger partial charge in [0.25, 0.3) is 0 Å². The molecule has 1 atom stereocenters. The molecule has 0 aliphatic heterocycles. The van der Waals surface area contributed by atoms with Crippen molar-refractivity contribution in [2.75, 3.05) is 0 Å². The van der Waals surface area contributed by atoms with Crippen LogP contribution in [0.2, 0.25) is 0 Å². The number of carbonyl (C=O) groups is 1. The highest BCUT2D eigenvalue weighted by Crippen LogP contribution is 2.27. The van der Waals surface area contributed by atoms with E-state index in [1.165, 1.54) is 0 Å². The second-order valence-electron chi connectivity index (χ2n) is 5.03. The van der Waals surface area contributed by atoms with Crippen molar-refractivity contribution < 1.29 is 14.7 Å². The maximum Gasteiger partial charge on any atom is 0.339 e. The SMILES string of the molecule is CC(/C=C/c1cccc(Oc2ccccc2)c1C#N)N(O)C(N)=O. The van der Waals surface area contributed by atoms with Gasteiger partial charge in [0.15, 0.2) is 0 Å². The molecule has 0 spiro atoms. The van der Waals surface area contributed by atoms with E-state index < -0.39 is 12.1 Å². The molecule has 0 saturated heterocycles. The molecule has 6 nitrogen and oxygen atoms in total. The Morgan fingerprint density at radius 3 is 2.62 bits per heavy atom. The number of rotatable bonds is 5. The van der Waals surface area contributed by atoms with E-state index in [1.807, 2.05) is 18.2 Å². The highest BCUT2D eigenvalue weighted by Gasteiger charge is 2.13. The maximum atomic E-state index is 10.9. The summed E-state index contributed by atoms with van der Waals surface area (Å²) < 4.78 is 5.74. The van der Waals surface area contributed by atoms with Gasteiger partial charge in [-0.15, -0.1) is 0 Å². The van der Waals surface area contributed by atoms with E-state index in [0.717, 1.165) is 0 Å². The fourth-order valence-electron chi connectivity index (χ4n) is 2.03. The first-order valence-corrected chi connectivity index (χ1v) is 7.24. The smallest absolute Gasteiger partial charge is 0.339 e. The first-order chi connectivity index (χ1) is 11.5. The lowest BCUT2D eigenvalue weighted by atomic mass is 10.1. The van der Waals surface area contributed by atoms with Crippen LogP contribution in [0.15, 0.2) is 54.6 Å². The molecule has 0 radical (unpaired) electrons. The zero-order valence-electron chi connectivity index (χ0n) is 13.1. The van der Waals surface area contributed by atoms with Gasteiger partial charge < -0.3 is 10.5 Å². The van der Waals surface area contributed by atoms with Gasteiger partial charge in [0.2, 0.25) is 0 Å². The number of nitrogens with two attached hydrogens (primary N) is 1. The lowest BCUT2D eigenvalue weighted by Crippen LogP contribution is -2.38. The number of nitriles is 1. The van der Waals surface area contributed by atoms with Crippen molar-refractivity contribution in [1.82, 2.24) is 5.06 Å². The molecular weight excluding hydrogens is 306 g/mol. The van der Waals surface area contributed by atoms with Gasteiger partial charge in [0, 0.05) is 0 Å². The second-order valence-corrected chi connectivity index (χ2v) is 5.03. The molecule has 0 bridgehead atoms. The minimum atomic E-state index is -0.950. The standard InChI is InChI=1S/C18H17N3O3/c1-13(21(23)18(20)22)10-11-14-6-5-9-17(16(14)12-19)24-15-7-3-2-4-8-15/h2-11,13,23H,1H3,(H2,20,22)/b11-10+. The topological polar surface area (TPSA) is 99.6 Å². The highest BCUT2D eigenvalue weighted by molar-refractivity contribution is 5.71. The molecular formula is C18H17N3O3. The summed E-state index contributed by atoms with van der Waals surface area (Å²) in [6.45, 7) is 1.59. The number of carbonyl (C=O) groups excluding carboxylic acids is 1. The van der Waals surface area contributed by atoms with Gasteiger partial charge in [-0.25, -0.2) is 4.79 Å². The molecule has 2 aromatic carbocycles. The normalized spacial score (nSPS) is 11.7. The van der Waals surface area contributed by atoms with Crippen LogP contribution >= 0.6 is 0 Å². The largest absolute Gasteiger partial charge is 0.456 e. The first-order valence-electron chi connectivity index (χ1n) is 7.24. The number of benzene rings is 2. The van der Waals surface area contributed by atoms with Gasteiger partial charge >= 0.3 is 6.03 Å². The Balaban J connectivity index is 2.27. The summed E-state index contributed by atoms with van der Waals surface area (Å²) >= 11 is 0. The molecule has 0 aliphatic rings. The lowest BCUT2D eigenvalue weighted by Gasteiger charge is -2.17. The number of urea groups is 1. The lowest BCUT2D eigenvalue weighted by molar-refractivity contribution is -0.0560. The average molecular weight is 323 g/mol. The first kappa shape index (κ1) is 17.1. The maximum absolute atomic E-state index is 10.9. The molecule has 2 rings (SSSR count). The molecule has 6 heteroatoms. The van der Waals surface area contributed by atoms with Crippen molar-refractivity contribution >= 4 is 12.1 Å². The van der Waals surface area contributed by atoms with Gasteiger partial charge in [0.05, 0.1) is 6.04 Å². The number of amides is 2. The van der Waals surface area contributed by atoms with Crippen molar-refractivity contribution in [2.24, 2.45) is 5.73 Å². The second kappa shape index (κ2) is 7.81. The number of ether oxygens (including phenoxy) is 1. The summed E-state index contributed by atoms with van der Waals surface area (Å²) in [7, 11) is 0. The molecule has 0 aromatic heterocycles. The third-order valence-electron chi connectivity index (χ3n) is 3.31. The van der Waals surface area contributed by atoms with E-state index in [-0.39, 0.29) is 0 Å². The minimum absolute atomic E-state index is 0.355. The number of hydrogen-bond acceptors (Lipinski definition) is 4. The van der Waals surface area contributed by atoms with Crippen LogP contribution in [0.25, 0.3) is 6.08 Å². The third kappa shape index (κ3) is 4.12. The zero-order valence-corrected chi connectivity index (χ0v) is 13.1. The van der Waals surface area contributed by atoms with Crippen LogP contribution in [0.5, 0.6) is 11.5 Å². The number of primary amides is 1. The Bertz CT molecular complexity index is 782. The summed E-state index contributed by atoms with van der Waals surface area (Å²) in [5.74, 6) is 1.05. The van der Waals surface area contributed by atoms with Gasteiger partial charge in [-0.05, 0) is 30.7 Å². The number of nitrogens with zero attached hydrogens (tertiary/aromatic N) is 2. The van der Waals surface area contributed by atoms with Gasteiger partial charge in [-0.2, -0.15) is 10.3 Å². The zero-order chi connectivity index (χ0) is 17.5. The van der Waals surface area contributed by atoms with E-state index >= 15 is 0 Å². The van der Waals surface area contributed by atoms with E-state index in [9.17, 15) is 15.3 Å². The van der Waals surface area contributed by atoms with Crippen molar-refractivity contribution in [3.63, 3.8) is 0 Å². The molecule has 2 amide bonds. The van der Waals surface area contributed by atoms with E-state index in [0.29, 0.717) is 27.7 Å². The Labute approximate surface area is 140 Å². The molecule has 0 fully saturated rings. The molecule has 122 valence electrons. The predicted molar refractivity (Wildman–Crippen MR) is 89.4 cm³/mol. The molecule has 1 unspecified atom stereocenters. The van der Waals surface area contributed by atoms with Crippen molar-refractivity contribution in [3.05, 3.63) is 65.7 Å². The van der Waals surface area contributed by atoms with Crippen LogP contribution in [0.1, 0.15) is 18.1 Å². The summed E-state index contributed by atoms with van der Waals surface area (Å²) in [4.78, 5) is 10.9. The van der Waals surface area contributed by atoms with E-state index in [2.05, 4.69) is 6.07 Å². The third-order valence-corrected chi connectivity index (χ3v) is 3.31.